The summed E-state index contributed by atoms with van der Waals surface area (Å²) in [6, 6.07) is 4.97. The van der Waals surface area contributed by atoms with Crippen molar-refractivity contribution in [2.24, 2.45) is 0 Å². The van der Waals surface area contributed by atoms with E-state index in [1.54, 1.807) is 18.2 Å². The van der Waals surface area contributed by atoms with Gasteiger partial charge in [-0.05, 0) is 17.7 Å². The first-order valence-corrected chi connectivity index (χ1v) is 5.85. The third-order valence-electron chi connectivity index (χ3n) is 1.95. The lowest BCUT2D eigenvalue weighted by Crippen LogP contribution is -1.98. The number of carboxylic acid groups (broad SMARTS) is 1. The van der Waals surface area contributed by atoms with Gasteiger partial charge in [0, 0.05) is 0 Å². The van der Waals surface area contributed by atoms with Gasteiger partial charge in [-0.25, -0.2) is 9.78 Å². The maximum atomic E-state index is 10.9. The number of aromatic carboxylic acids is 1. The number of thiazole rings is 1. The highest BCUT2D eigenvalue weighted by atomic mass is 35.5. The molecule has 0 radical (unpaired) electrons. The molecule has 0 aliphatic heterocycles. The molecule has 0 spiro atoms. The summed E-state index contributed by atoms with van der Waals surface area (Å²) in [5.74, 6) is -1.05. The van der Waals surface area contributed by atoms with E-state index in [4.69, 9.17) is 28.3 Å². The van der Waals surface area contributed by atoms with Crippen LogP contribution in [-0.4, -0.2) is 16.1 Å². The number of benzene rings is 1. The van der Waals surface area contributed by atoms with Crippen LogP contribution in [0.25, 0.3) is 10.4 Å². The normalized spacial score (nSPS) is 10.4. The van der Waals surface area contributed by atoms with E-state index in [1.807, 2.05) is 0 Å². The highest BCUT2D eigenvalue weighted by Crippen LogP contribution is 2.32. The molecule has 82 valence electrons. The Morgan fingerprint density at radius 2 is 2.06 bits per heavy atom. The van der Waals surface area contributed by atoms with Crippen LogP contribution in [0, 0.1) is 0 Å². The topological polar surface area (TPSA) is 50.2 Å². The van der Waals surface area contributed by atoms with Gasteiger partial charge in [-0.3, -0.25) is 0 Å². The van der Waals surface area contributed by atoms with Crippen molar-refractivity contribution in [3.63, 3.8) is 0 Å². The van der Waals surface area contributed by atoms with Crippen molar-refractivity contribution in [2.45, 2.75) is 0 Å². The van der Waals surface area contributed by atoms with Gasteiger partial charge in [0.15, 0.2) is 5.69 Å². The third kappa shape index (κ3) is 2.04. The Morgan fingerprint density at radius 1 is 1.31 bits per heavy atom. The van der Waals surface area contributed by atoms with E-state index in [9.17, 15) is 4.79 Å². The maximum Gasteiger partial charge on any atom is 0.356 e. The maximum absolute atomic E-state index is 10.9. The van der Waals surface area contributed by atoms with Gasteiger partial charge >= 0.3 is 5.97 Å². The van der Waals surface area contributed by atoms with Crippen LogP contribution in [0.3, 0.4) is 0 Å². The average Bonchev–Trinajstić information content (AvgIpc) is 2.71. The van der Waals surface area contributed by atoms with Crippen LogP contribution < -0.4 is 0 Å². The molecule has 0 aliphatic rings. The first-order valence-electron chi connectivity index (χ1n) is 4.22. The molecule has 0 atom stereocenters. The number of hydrogen-bond acceptors (Lipinski definition) is 3. The van der Waals surface area contributed by atoms with Gasteiger partial charge in [-0.15, -0.1) is 11.3 Å². The van der Waals surface area contributed by atoms with Crippen LogP contribution in [0.4, 0.5) is 0 Å². The molecule has 3 nitrogen and oxygen atoms in total. The van der Waals surface area contributed by atoms with E-state index in [1.165, 1.54) is 16.8 Å². The van der Waals surface area contributed by atoms with E-state index >= 15 is 0 Å². The quantitative estimate of drug-likeness (QED) is 0.905. The van der Waals surface area contributed by atoms with Gasteiger partial charge in [0.25, 0.3) is 0 Å². The Labute approximate surface area is 105 Å². The number of halogens is 2. The smallest absolute Gasteiger partial charge is 0.356 e. The predicted molar refractivity (Wildman–Crippen MR) is 64.5 cm³/mol. The number of carboxylic acids is 1. The van der Waals surface area contributed by atoms with Crippen LogP contribution in [0.1, 0.15) is 10.5 Å². The monoisotopic (exact) mass is 273 g/mol. The molecule has 0 saturated carbocycles. The minimum atomic E-state index is -1.05. The second-order valence-corrected chi connectivity index (χ2v) is 4.63. The summed E-state index contributed by atoms with van der Waals surface area (Å²) in [5, 5.41) is 9.75. The molecule has 1 aromatic carbocycles. The summed E-state index contributed by atoms with van der Waals surface area (Å²) in [7, 11) is 0. The minimum Gasteiger partial charge on any atom is -0.476 e. The van der Waals surface area contributed by atoms with Gasteiger partial charge in [0.2, 0.25) is 0 Å². The van der Waals surface area contributed by atoms with Crippen LogP contribution in [0.5, 0.6) is 0 Å². The minimum absolute atomic E-state index is 0.0309. The SMILES string of the molecule is O=C(O)c1ncsc1-c1ccc(Cl)c(Cl)c1. The highest BCUT2D eigenvalue weighted by molar-refractivity contribution is 7.13. The first kappa shape index (κ1) is 11.4. The second-order valence-electron chi connectivity index (χ2n) is 2.96. The zero-order valence-corrected chi connectivity index (χ0v) is 10.1. The average molecular weight is 274 g/mol. The molecule has 0 fully saturated rings. The van der Waals surface area contributed by atoms with Crippen molar-refractivity contribution < 1.29 is 9.90 Å². The van der Waals surface area contributed by atoms with Gasteiger partial charge < -0.3 is 5.11 Å². The fourth-order valence-corrected chi connectivity index (χ4v) is 2.32. The van der Waals surface area contributed by atoms with Crippen molar-refractivity contribution in [3.05, 3.63) is 39.4 Å². The Kier molecular flexibility index (Phi) is 3.14. The molecule has 0 saturated heterocycles. The molecule has 6 heteroatoms. The van der Waals surface area contributed by atoms with Crippen molar-refractivity contribution in [1.82, 2.24) is 4.98 Å². The molecule has 0 unspecified atom stereocenters. The number of rotatable bonds is 2. The molecule has 2 rings (SSSR count). The summed E-state index contributed by atoms with van der Waals surface area (Å²) >= 11 is 12.9. The first-order chi connectivity index (χ1) is 7.59. The number of aromatic nitrogens is 1. The zero-order chi connectivity index (χ0) is 11.7. The van der Waals surface area contributed by atoms with Crippen molar-refractivity contribution in [2.75, 3.05) is 0 Å². The predicted octanol–water partition coefficient (Wildman–Crippen LogP) is 3.82. The lowest BCUT2D eigenvalue weighted by Gasteiger charge is -2.01. The van der Waals surface area contributed by atoms with Gasteiger partial charge in [-0.1, -0.05) is 29.3 Å². The number of hydrogen-bond donors (Lipinski definition) is 1. The molecule has 1 aromatic heterocycles. The molecular weight excluding hydrogens is 269 g/mol. The van der Waals surface area contributed by atoms with E-state index in [2.05, 4.69) is 4.98 Å². The molecule has 0 bridgehead atoms. The van der Waals surface area contributed by atoms with E-state index < -0.39 is 5.97 Å². The summed E-state index contributed by atoms with van der Waals surface area (Å²) in [4.78, 5) is 15.3. The van der Waals surface area contributed by atoms with Crippen molar-refractivity contribution in [1.29, 1.82) is 0 Å². The summed E-state index contributed by atoms with van der Waals surface area (Å²) < 4.78 is 0. The summed E-state index contributed by atoms with van der Waals surface area (Å²) in [6.07, 6.45) is 0. The molecule has 0 aliphatic carbocycles. The number of nitrogens with zero attached hydrogens (tertiary/aromatic N) is 1. The molecular formula is C10H5Cl2NO2S. The van der Waals surface area contributed by atoms with E-state index in [0.717, 1.165) is 0 Å². The summed E-state index contributed by atoms with van der Waals surface area (Å²) in [6.45, 7) is 0. The van der Waals surface area contributed by atoms with Gasteiger partial charge in [0.1, 0.15) is 0 Å². The standard InChI is InChI=1S/C10H5Cl2NO2S/c11-6-2-1-5(3-7(6)12)9-8(10(14)15)13-4-16-9/h1-4H,(H,14,15). The van der Waals surface area contributed by atoms with Crippen LogP contribution >= 0.6 is 34.5 Å². The van der Waals surface area contributed by atoms with Crippen LogP contribution in [-0.2, 0) is 0 Å². The lowest BCUT2D eigenvalue weighted by atomic mass is 10.1. The molecule has 0 amide bonds. The largest absolute Gasteiger partial charge is 0.476 e. The lowest BCUT2D eigenvalue weighted by molar-refractivity contribution is 0.0692. The van der Waals surface area contributed by atoms with Crippen molar-refractivity contribution in [3.8, 4) is 10.4 Å². The van der Waals surface area contributed by atoms with Gasteiger partial charge in [-0.2, -0.15) is 0 Å². The Morgan fingerprint density at radius 3 is 2.69 bits per heavy atom. The fourth-order valence-electron chi connectivity index (χ4n) is 1.24. The Hall–Kier alpha value is -1.10. The van der Waals surface area contributed by atoms with Gasteiger partial charge in [0.05, 0.1) is 20.4 Å². The molecule has 16 heavy (non-hydrogen) atoms. The molecule has 2 aromatic rings. The van der Waals surface area contributed by atoms with Crippen LogP contribution in [0.15, 0.2) is 23.7 Å². The zero-order valence-electron chi connectivity index (χ0n) is 7.78. The highest BCUT2D eigenvalue weighted by Gasteiger charge is 2.15. The summed E-state index contributed by atoms with van der Waals surface area (Å²) in [5.41, 5.74) is 2.22. The molecule has 1 heterocycles. The molecule has 1 N–H and O–H groups in total. The van der Waals surface area contributed by atoms with Crippen molar-refractivity contribution >= 4 is 40.5 Å². The second kappa shape index (κ2) is 4.41. The fraction of sp³-hybridized carbons (Fsp3) is 0. The Bertz CT molecular complexity index is 554. The third-order valence-corrected chi connectivity index (χ3v) is 3.57. The Balaban J connectivity index is 2.54. The van der Waals surface area contributed by atoms with E-state index in [0.29, 0.717) is 20.5 Å². The van der Waals surface area contributed by atoms with E-state index in [-0.39, 0.29) is 5.69 Å². The van der Waals surface area contributed by atoms with Crippen LogP contribution in [0.2, 0.25) is 10.0 Å². The number of carbonyl (C=O) groups is 1.